The largest absolute Gasteiger partial charge is 0.395 e. The Morgan fingerprint density at radius 1 is 1.32 bits per heavy atom. The fourth-order valence-electron chi connectivity index (χ4n) is 1.70. The summed E-state index contributed by atoms with van der Waals surface area (Å²) in [6, 6.07) is 12.8. The number of hydrogen-bond donors (Lipinski definition) is 3. The van der Waals surface area contributed by atoms with Gasteiger partial charge in [0.2, 0.25) is 0 Å². The second-order valence-corrected chi connectivity index (χ2v) is 4.04. The quantitative estimate of drug-likeness (QED) is 0.771. The van der Waals surface area contributed by atoms with Gasteiger partial charge in [-0.1, -0.05) is 30.3 Å². The summed E-state index contributed by atoms with van der Waals surface area (Å²) in [5, 5.41) is 21.8. The number of rotatable bonds is 4. The molecule has 4 N–H and O–H groups in total. The third kappa shape index (κ3) is 3.00. The Kier molecular flexibility index (Phi) is 3.96. The molecule has 0 aliphatic carbocycles. The van der Waals surface area contributed by atoms with Gasteiger partial charge in [-0.05, 0) is 11.6 Å². The minimum absolute atomic E-state index is 0.274. The fraction of sp³-hybridized carbons (Fsp3) is 0.143. The molecule has 5 heteroatoms. The van der Waals surface area contributed by atoms with Crippen LogP contribution in [0.4, 0.5) is 11.5 Å². The zero-order valence-corrected chi connectivity index (χ0v) is 10.2. The van der Waals surface area contributed by atoms with E-state index in [4.69, 9.17) is 11.0 Å². The normalized spacial score (nSPS) is 11.6. The van der Waals surface area contributed by atoms with Crippen molar-refractivity contribution < 1.29 is 5.11 Å². The molecule has 0 fully saturated rings. The molecular formula is C14H14N4O. The number of aliphatic hydroxyl groups excluding tert-OH is 1. The Bertz CT molecular complexity index is 592. The first-order valence-electron chi connectivity index (χ1n) is 5.84. The van der Waals surface area contributed by atoms with E-state index in [1.165, 1.54) is 6.20 Å². The van der Waals surface area contributed by atoms with Crippen LogP contribution < -0.4 is 11.1 Å². The van der Waals surface area contributed by atoms with E-state index in [2.05, 4.69) is 10.3 Å². The molecule has 0 amide bonds. The van der Waals surface area contributed by atoms with Crippen molar-refractivity contribution in [1.29, 1.82) is 5.26 Å². The zero-order chi connectivity index (χ0) is 13.7. The molecule has 96 valence electrons. The Labute approximate surface area is 111 Å². The molecule has 1 atom stereocenters. The molecule has 1 heterocycles. The van der Waals surface area contributed by atoms with Gasteiger partial charge in [0.15, 0.2) is 5.82 Å². The number of aliphatic hydroxyl groups is 1. The molecular weight excluding hydrogens is 240 g/mol. The number of nitrogen functional groups attached to an aromatic ring is 1. The van der Waals surface area contributed by atoms with Gasteiger partial charge in [0.05, 0.1) is 17.4 Å². The van der Waals surface area contributed by atoms with E-state index < -0.39 is 6.10 Å². The summed E-state index contributed by atoms with van der Waals surface area (Å²) in [7, 11) is 0. The number of aromatic nitrogens is 1. The maximum absolute atomic E-state index is 10.0. The van der Waals surface area contributed by atoms with Crippen molar-refractivity contribution >= 4 is 11.5 Å². The molecule has 0 radical (unpaired) electrons. The second-order valence-electron chi connectivity index (χ2n) is 4.04. The smallest absolute Gasteiger partial charge is 0.150 e. The van der Waals surface area contributed by atoms with Crippen LogP contribution in [0.3, 0.4) is 0 Å². The van der Waals surface area contributed by atoms with Crippen molar-refractivity contribution in [3.63, 3.8) is 0 Å². The molecule has 1 aromatic carbocycles. The number of pyridine rings is 1. The van der Waals surface area contributed by atoms with Gasteiger partial charge < -0.3 is 16.2 Å². The molecule has 0 aliphatic rings. The van der Waals surface area contributed by atoms with Gasteiger partial charge in [0.25, 0.3) is 0 Å². The lowest BCUT2D eigenvalue weighted by atomic mass is 10.1. The standard InChI is InChI=1S/C14H14N4O/c15-8-11-6-7-17-14(13(11)16)18-9-12(19)10-4-2-1-3-5-10/h1-7,12,19H,9,16H2,(H,17,18). The van der Waals surface area contributed by atoms with E-state index in [0.29, 0.717) is 17.1 Å². The van der Waals surface area contributed by atoms with Crippen molar-refractivity contribution in [3.8, 4) is 6.07 Å². The van der Waals surface area contributed by atoms with E-state index in [1.54, 1.807) is 6.07 Å². The van der Waals surface area contributed by atoms with E-state index in [1.807, 2.05) is 36.4 Å². The minimum atomic E-state index is -0.659. The van der Waals surface area contributed by atoms with E-state index in [9.17, 15) is 5.11 Å². The van der Waals surface area contributed by atoms with Crippen LogP contribution in [-0.2, 0) is 0 Å². The maximum atomic E-state index is 10.0. The van der Waals surface area contributed by atoms with Gasteiger partial charge in [-0.25, -0.2) is 4.98 Å². The van der Waals surface area contributed by atoms with Crippen molar-refractivity contribution in [3.05, 3.63) is 53.7 Å². The average molecular weight is 254 g/mol. The Balaban J connectivity index is 2.06. The maximum Gasteiger partial charge on any atom is 0.150 e. The van der Waals surface area contributed by atoms with Gasteiger partial charge in [0.1, 0.15) is 6.07 Å². The lowest BCUT2D eigenvalue weighted by Crippen LogP contribution is -2.14. The van der Waals surface area contributed by atoms with Gasteiger partial charge >= 0.3 is 0 Å². The van der Waals surface area contributed by atoms with Crippen LogP contribution in [0, 0.1) is 11.3 Å². The summed E-state index contributed by atoms with van der Waals surface area (Å²) < 4.78 is 0. The summed E-state index contributed by atoms with van der Waals surface area (Å²) in [4.78, 5) is 4.05. The van der Waals surface area contributed by atoms with Gasteiger partial charge in [-0.3, -0.25) is 0 Å². The highest BCUT2D eigenvalue weighted by Crippen LogP contribution is 2.20. The van der Waals surface area contributed by atoms with E-state index >= 15 is 0 Å². The fourth-order valence-corrected chi connectivity index (χ4v) is 1.70. The first kappa shape index (κ1) is 12.9. The first-order valence-corrected chi connectivity index (χ1v) is 5.84. The Morgan fingerprint density at radius 3 is 2.74 bits per heavy atom. The third-order valence-corrected chi connectivity index (χ3v) is 2.76. The molecule has 0 spiro atoms. The Morgan fingerprint density at radius 2 is 2.05 bits per heavy atom. The number of nitrogens with two attached hydrogens (primary N) is 1. The van der Waals surface area contributed by atoms with Gasteiger partial charge in [-0.15, -0.1) is 0 Å². The minimum Gasteiger partial charge on any atom is -0.395 e. The highest BCUT2D eigenvalue weighted by molar-refractivity contribution is 5.68. The molecule has 1 unspecified atom stereocenters. The number of nitriles is 1. The van der Waals surface area contributed by atoms with Crippen LogP contribution in [0.25, 0.3) is 0 Å². The monoisotopic (exact) mass is 254 g/mol. The van der Waals surface area contributed by atoms with Gasteiger partial charge in [-0.2, -0.15) is 5.26 Å². The predicted octanol–water partition coefficient (Wildman–Crippen LogP) is 1.68. The van der Waals surface area contributed by atoms with Crippen LogP contribution in [-0.4, -0.2) is 16.6 Å². The van der Waals surface area contributed by atoms with Crippen LogP contribution in [0.2, 0.25) is 0 Å². The molecule has 5 nitrogen and oxygen atoms in total. The van der Waals surface area contributed by atoms with Crippen molar-refractivity contribution in [1.82, 2.24) is 4.98 Å². The lowest BCUT2D eigenvalue weighted by molar-refractivity contribution is 0.191. The number of nitrogens with zero attached hydrogens (tertiary/aromatic N) is 2. The predicted molar refractivity (Wildman–Crippen MR) is 73.3 cm³/mol. The topological polar surface area (TPSA) is 95.0 Å². The van der Waals surface area contributed by atoms with Gasteiger partial charge in [0, 0.05) is 12.7 Å². The highest BCUT2D eigenvalue weighted by Gasteiger charge is 2.09. The number of nitrogens with one attached hydrogen (secondary N) is 1. The molecule has 0 saturated heterocycles. The third-order valence-electron chi connectivity index (χ3n) is 2.76. The summed E-state index contributed by atoms with van der Waals surface area (Å²) >= 11 is 0. The van der Waals surface area contributed by atoms with Crippen LogP contribution in [0.5, 0.6) is 0 Å². The molecule has 0 bridgehead atoms. The molecule has 2 rings (SSSR count). The number of benzene rings is 1. The zero-order valence-electron chi connectivity index (χ0n) is 10.2. The van der Waals surface area contributed by atoms with Crippen molar-refractivity contribution in [2.75, 3.05) is 17.6 Å². The summed E-state index contributed by atoms with van der Waals surface area (Å²) in [6.07, 6.45) is 0.847. The second kappa shape index (κ2) is 5.85. The molecule has 19 heavy (non-hydrogen) atoms. The highest BCUT2D eigenvalue weighted by atomic mass is 16.3. The van der Waals surface area contributed by atoms with E-state index in [-0.39, 0.29) is 6.54 Å². The number of hydrogen-bond acceptors (Lipinski definition) is 5. The summed E-state index contributed by atoms with van der Waals surface area (Å²) in [5.74, 6) is 0.411. The van der Waals surface area contributed by atoms with Crippen molar-refractivity contribution in [2.45, 2.75) is 6.10 Å². The van der Waals surface area contributed by atoms with E-state index in [0.717, 1.165) is 5.56 Å². The van der Waals surface area contributed by atoms with Crippen molar-refractivity contribution in [2.24, 2.45) is 0 Å². The van der Waals surface area contributed by atoms with Crippen LogP contribution in [0.15, 0.2) is 42.6 Å². The SMILES string of the molecule is N#Cc1ccnc(NCC(O)c2ccccc2)c1N. The first-order chi connectivity index (χ1) is 9.22. The molecule has 0 aliphatic heterocycles. The summed E-state index contributed by atoms with van der Waals surface area (Å²) in [5.41, 5.74) is 7.26. The molecule has 1 aromatic heterocycles. The average Bonchev–Trinajstić information content (AvgIpc) is 2.47. The van der Waals surface area contributed by atoms with Crippen LogP contribution in [0.1, 0.15) is 17.2 Å². The summed E-state index contributed by atoms with van der Waals surface area (Å²) in [6.45, 7) is 0.274. The Hall–Kier alpha value is -2.58. The van der Waals surface area contributed by atoms with Crippen LogP contribution >= 0.6 is 0 Å². The number of anilines is 2. The molecule has 2 aromatic rings. The lowest BCUT2D eigenvalue weighted by Gasteiger charge is -2.14. The molecule has 0 saturated carbocycles.